The monoisotopic (exact) mass is 668 g/mol. The molecule has 0 unspecified atom stereocenters. The largest absolute Gasteiger partial charge is 0.487 e. The number of aromatic nitrogens is 2. The van der Waals surface area contributed by atoms with Gasteiger partial charge in [0.05, 0.1) is 17.3 Å². The smallest absolute Gasteiger partial charge is 0.319 e. The van der Waals surface area contributed by atoms with Gasteiger partial charge < -0.3 is 25.2 Å². The number of carbonyl (C=O) groups excluding carboxylic acids is 2. The van der Waals surface area contributed by atoms with Crippen molar-refractivity contribution in [2.45, 2.75) is 13.5 Å². The van der Waals surface area contributed by atoms with Gasteiger partial charge in [-0.25, -0.2) is 9.78 Å². The number of carbonyl (C=O) groups is 2. The van der Waals surface area contributed by atoms with E-state index >= 15 is 0 Å². The standard InChI is InChI=1S/C36H34Cl2N6O3/c1-23-19-31(43(2)3)27-9-6-10-32(35(27)41-23)47-22-28-29(37)13-14-30(34(28)38)44(4)33(45)21-40-36(46)42-26-8-5-7-25(20-26)12-11-24-15-17-39-18-16-24/h5-20H,21-22H2,1-4H3,(H2,40,42,46). The van der Waals surface area contributed by atoms with Crippen LogP contribution in [0.3, 0.4) is 0 Å². The van der Waals surface area contributed by atoms with E-state index in [-0.39, 0.29) is 24.1 Å². The minimum absolute atomic E-state index is 0.0526. The number of amides is 3. The van der Waals surface area contributed by atoms with Gasteiger partial charge in [-0.1, -0.05) is 59.6 Å². The Morgan fingerprint density at radius 1 is 0.894 bits per heavy atom. The van der Waals surface area contributed by atoms with Gasteiger partial charge in [0.15, 0.2) is 0 Å². The Kier molecular flexibility index (Phi) is 10.6. The number of halogens is 2. The Labute approximate surface area is 283 Å². The van der Waals surface area contributed by atoms with E-state index in [0.29, 0.717) is 27.7 Å². The molecule has 0 atom stereocenters. The molecular weight excluding hydrogens is 635 g/mol. The molecule has 0 aliphatic heterocycles. The van der Waals surface area contributed by atoms with Gasteiger partial charge in [0.25, 0.3) is 0 Å². The Hall–Kier alpha value is -5.12. The van der Waals surface area contributed by atoms with Gasteiger partial charge in [-0.2, -0.15) is 0 Å². The second-order valence-corrected chi connectivity index (χ2v) is 11.8. The van der Waals surface area contributed by atoms with Crippen LogP contribution in [0.2, 0.25) is 10.0 Å². The summed E-state index contributed by atoms with van der Waals surface area (Å²) in [6, 6.07) is 21.7. The number of fused-ring (bicyclic) bond motifs is 1. The topological polar surface area (TPSA) is 99.7 Å². The first-order valence-electron chi connectivity index (χ1n) is 14.8. The molecule has 0 saturated carbocycles. The van der Waals surface area contributed by atoms with Crippen LogP contribution in [0, 0.1) is 6.92 Å². The molecule has 3 aromatic carbocycles. The zero-order chi connectivity index (χ0) is 33.5. The first-order chi connectivity index (χ1) is 22.6. The van der Waals surface area contributed by atoms with Crippen LogP contribution in [0.5, 0.6) is 5.75 Å². The number of aryl methyl sites for hydroxylation is 1. The summed E-state index contributed by atoms with van der Waals surface area (Å²) >= 11 is 13.3. The number of ether oxygens (including phenoxy) is 1. The van der Waals surface area contributed by atoms with Crippen LogP contribution in [0.1, 0.15) is 22.4 Å². The summed E-state index contributed by atoms with van der Waals surface area (Å²) in [6.45, 7) is 1.73. The van der Waals surface area contributed by atoms with Crippen LogP contribution in [-0.2, 0) is 11.4 Å². The van der Waals surface area contributed by atoms with E-state index in [2.05, 4.69) is 15.6 Å². The number of pyridine rings is 2. The summed E-state index contributed by atoms with van der Waals surface area (Å²) in [7, 11) is 5.55. The zero-order valence-electron chi connectivity index (χ0n) is 26.4. The lowest BCUT2D eigenvalue weighted by Gasteiger charge is -2.22. The molecule has 0 bridgehead atoms. The number of para-hydroxylation sites is 1. The number of likely N-dealkylation sites (N-methyl/N-ethyl adjacent to an activating group) is 1. The number of rotatable bonds is 10. The fourth-order valence-corrected chi connectivity index (χ4v) is 5.52. The summed E-state index contributed by atoms with van der Waals surface area (Å²) in [4.78, 5) is 37.9. The molecule has 47 heavy (non-hydrogen) atoms. The normalized spacial score (nSPS) is 11.0. The number of anilines is 3. The predicted molar refractivity (Wildman–Crippen MR) is 192 cm³/mol. The Balaban J connectivity index is 1.22. The van der Waals surface area contributed by atoms with Crippen LogP contribution >= 0.6 is 23.2 Å². The average molecular weight is 670 g/mol. The Morgan fingerprint density at radius 3 is 2.40 bits per heavy atom. The molecule has 11 heteroatoms. The highest BCUT2D eigenvalue weighted by molar-refractivity contribution is 6.38. The molecule has 0 radical (unpaired) electrons. The Bertz CT molecular complexity index is 1950. The van der Waals surface area contributed by atoms with E-state index in [1.807, 2.05) is 92.7 Å². The van der Waals surface area contributed by atoms with Gasteiger partial charge in [0.1, 0.15) is 17.9 Å². The van der Waals surface area contributed by atoms with Gasteiger partial charge in [0, 0.05) is 66.6 Å². The van der Waals surface area contributed by atoms with Gasteiger partial charge in [-0.3, -0.25) is 9.78 Å². The molecule has 0 aliphatic carbocycles. The molecule has 9 nitrogen and oxygen atoms in total. The Morgan fingerprint density at radius 2 is 1.64 bits per heavy atom. The molecule has 2 N–H and O–H groups in total. The number of benzene rings is 3. The van der Waals surface area contributed by atoms with Gasteiger partial charge in [-0.15, -0.1) is 0 Å². The predicted octanol–water partition coefficient (Wildman–Crippen LogP) is 7.84. The third kappa shape index (κ3) is 8.19. The first kappa shape index (κ1) is 33.2. The molecular formula is C36H34Cl2N6O3. The maximum absolute atomic E-state index is 13.1. The lowest BCUT2D eigenvalue weighted by molar-refractivity contribution is -0.117. The quantitative estimate of drug-likeness (QED) is 0.157. The van der Waals surface area contributed by atoms with Crippen molar-refractivity contribution in [3.05, 3.63) is 118 Å². The lowest BCUT2D eigenvalue weighted by atomic mass is 10.1. The molecule has 0 saturated heterocycles. The van der Waals surface area contributed by atoms with Crippen molar-refractivity contribution < 1.29 is 14.3 Å². The minimum atomic E-state index is -0.519. The molecule has 3 amide bonds. The van der Waals surface area contributed by atoms with E-state index in [1.54, 1.807) is 37.6 Å². The lowest BCUT2D eigenvalue weighted by Crippen LogP contribution is -2.40. The number of urea groups is 1. The van der Waals surface area contributed by atoms with Crippen molar-refractivity contribution in [2.24, 2.45) is 0 Å². The molecule has 5 rings (SSSR count). The molecule has 2 heterocycles. The molecule has 5 aromatic rings. The summed E-state index contributed by atoms with van der Waals surface area (Å²) in [5.41, 5.74) is 6.06. The van der Waals surface area contributed by atoms with E-state index in [4.69, 9.17) is 32.9 Å². The second kappa shape index (κ2) is 15.0. The van der Waals surface area contributed by atoms with Crippen LogP contribution in [0.15, 0.2) is 85.2 Å². The van der Waals surface area contributed by atoms with Gasteiger partial charge >= 0.3 is 6.03 Å². The zero-order valence-corrected chi connectivity index (χ0v) is 27.9. The fraction of sp³-hybridized carbons (Fsp3) is 0.167. The van der Waals surface area contributed by atoms with Crippen molar-refractivity contribution >= 4 is 75.3 Å². The van der Waals surface area contributed by atoms with E-state index in [9.17, 15) is 9.59 Å². The molecule has 0 spiro atoms. The second-order valence-electron chi connectivity index (χ2n) is 11.0. The maximum Gasteiger partial charge on any atom is 0.319 e. The summed E-state index contributed by atoms with van der Waals surface area (Å²) in [5.74, 6) is 0.206. The summed E-state index contributed by atoms with van der Waals surface area (Å²) in [5, 5.41) is 7.01. The van der Waals surface area contributed by atoms with E-state index < -0.39 is 6.03 Å². The highest BCUT2D eigenvalue weighted by atomic mass is 35.5. The summed E-state index contributed by atoms with van der Waals surface area (Å²) < 4.78 is 6.21. The molecule has 0 aliphatic rings. The number of nitrogens with one attached hydrogen (secondary N) is 2. The van der Waals surface area contributed by atoms with Gasteiger partial charge in [0.2, 0.25) is 5.91 Å². The molecule has 0 fully saturated rings. The maximum atomic E-state index is 13.1. The first-order valence-corrected chi connectivity index (χ1v) is 15.5. The molecule has 2 aromatic heterocycles. The summed E-state index contributed by atoms with van der Waals surface area (Å²) in [6.07, 6.45) is 7.34. The van der Waals surface area contributed by atoms with E-state index in [0.717, 1.165) is 33.4 Å². The highest BCUT2D eigenvalue weighted by Gasteiger charge is 2.20. The van der Waals surface area contributed by atoms with Crippen molar-refractivity contribution in [2.75, 3.05) is 42.8 Å². The minimum Gasteiger partial charge on any atom is -0.487 e. The number of hydrogen-bond donors (Lipinski definition) is 2. The average Bonchev–Trinajstić information content (AvgIpc) is 3.06. The third-order valence-electron chi connectivity index (χ3n) is 7.38. The van der Waals surface area contributed by atoms with Crippen molar-refractivity contribution in [1.29, 1.82) is 0 Å². The van der Waals surface area contributed by atoms with Crippen molar-refractivity contribution in [1.82, 2.24) is 15.3 Å². The molecule has 240 valence electrons. The third-order valence-corrected chi connectivity index (χ3v) is 8.16. The van der Waals surface area contributed by atoms with Crippen LogP contribution in [-0.4, -0.2) is 49.6 Å². The highest BCUT2D eigenvalue weighted by Crippen LogP contribution is 2.36. The van der Waals surface area contributed by atoms with Crippen LogP contribution < -0.4 is 25.2 Å². The van der Waals surface area contributed by atoms with Gasteiger partial charge in [-0.05, 0) is 66.6 Å². The van der Waals surface area contributed by atoms with E-state index in [1.165, 1.54) is 4.90 Å². The van der Waals surface area contributed by atoms with Crippen molar-refractivity contribution in [3.8, 4) is 5.75 Å². The SMILES string of the molecule is Cc1cc(N(C)C)c2cccc(OCc3c(Cl)ccc(N(C)C(=O)CNC(=O)Nc4cccc(C=Cc5ccncc5)c4)c3Cl)c2n1. The number of hydrogen-bond acceptors (Lipinski definition) is 6. The van der Waals surface area contributed by atoms with Crippen LogP contribution in [0.25, 0.3) is 23.1 Å². The van der Waals surface area contributed by atoms with Crippen molar-refractivity contribution in [3.63, 3.8) is 0 Å². The van der Waals surface area contributed by atoms with Crippen LogP contribution in [0.4, 0.5) is 21.9 Å². The number of nitrogens with zero attached hydrogens (tertiary/aromatic N) is 4. The fourth-order valence-electron chi connectivity index (χ4n) is 4.91.